The quantitative estimate of drug-likeness (QED) is 0.189. The van der Waals surface area contributed by atoms with E-state index in [1.54, 1.807) is 35.4 Å². The Morgan fingerprint density at radius 3 is 2.18 bits per heavy atom. The Labute approximate surface area is 318 Å². The molecule has 2 aromatic heterocycles. The molecule has 286 valence electrons. The van der Waals surface area contributed by atoms with Crippen molar-refractivity contribution in [1.29, 1.82) is 0 Å². The first-order valence-corrected chi connectivity index (χ1v) is 19.3. The Balaban J connectivity index is 0.970. The minimum Gasteiger partial charge on any atom is -0.444 e. The number of carbonyl (C=O) groups is 2. The van der Waals surface area contributed by atoms with Crippen LogP contribution in [0.4, 0.5) is 18.4 Å². The Morgan fingerprint density at radius 1 is 0.800 bits per heavy atom. The van der Waals surface area contributed by atoms with Crippen LogP contribution in [0.25, 0.3) is 44.5 Å². The lowest BCUT2D eigenvalue weighted by Crippen LogP contribution is -2.43. The minimum absolute atomic E-state index is 0.0400. The predicted molar refractivity (Wildman–Crippen MR) is 204 cm³/mol. The normalized spacial score (nSPS) is 22.7. The number of likely N-dealkylation sites (tertiary alicyclic amines) is 2. The Morgan fingerprint density at radius 2 is 1.45 bits per heavy atom. The maximum atomic E-state index is 16.4. The lowest BCUT2D eigenvalue weighted by atomic mass is 9.98. The number of imidazole rings is 2. The predicted octanol–water partition coefficient (Wildman–Crippen LogP) is 10.3. The number of H-pyrrole nitrogens is 2. The molecule has 2 amide bonds. The number of aromatic nitrogens is 4. The van der Waals surface area contributed by atoms with Gasteiger partial charge in [-0.15, -0.1) is 0 Å². The molecule has 0 unspecified atom stereocenters. The first kappa shape index (κ1) is 35.4. The number of carbonyl (C=O) groups excluding carboxylic acids is 2. The number of fused-ring (bicyclic) bond motifs is 6. The van der Waals surface area contributed by atoms with E-state index in [1.807, 2.05) is 76.8 Å². The summed E-state index contributed by atoms with van der Waals surface area (Å²) in [6.45, 7) is 11.7. The number of halogens is 2. The average Bonchev–Trinajstić information content (AvgIpc) is 3.97. The molecule has 4 heterocycles. The zero-order chi connectivity index (χ0) is 38.6. The second-order valence-electron chi connectivity index (χ2n) is 17.5. The highest BCUT2D eigenvalue weighted by Gasteiger charge is 2.51. The van der Waals surface area contributed by atoms with Crippen molar-refractivity contribution in [2.75, 3.05) is 6.54 Å². The molecule has 4 atom stereocenters. The number of nitrogens with zero attached hydrogens (tertiary/aromatic N) is 4. The number of rotatable bonds is 4. The molecule has 10 nitrogen and oxygen atoms in total. The van der Waals surface area contributed by atoms with Crippen molar-refractivity contribution in [3.05, 3.63) is 83.6 Å². The summed E-state index contributed by atoms with van der Waals surface area (Å²) >= 11 is 0. The van der Waals surface area contributed by atoms with Crippen LogP contribution in [0.2, 0.25) is 0 Å². The molecule has 1 saturated carbocycles. The number of ether oxygens (including phenoxy) is 2. The van der Waals surface area contributed by atoms with E-state index in [0.717, 1.165) is 54.5 Å². The summed E-state index contributed by atoms with van der Waals surface area (Å²) in [6, 6.07) is 15.8. The minimum atomic E-state index is -3.23. The maximum absolute atomic E-state index is 16.4. The van der Waals surface area contributed by atoms with Crippen molar-refractivity contribution in [3.63, 3.8) is 0 Å². The standard InChI is InChI=1S/C43H46F2N6O4/c1-41(2,3)54-39(52)50-17-7-8-35(50)37-46-22-34(49-37)25-11-15-29-28-14-10-23(19-30(28)43(44,45)31(29)20-25)24-12-16-32-33(21-24)48-38(47-32)36-26-9-13-27(18-26)51(36)40(53)55-42(4,5)6/h10-12,14-16,19-22,26-27,35-36H,7-9,13,17-18H2,1-6H3,(H,46,49)(H,47,48)/t26-,27+,35-,36-/m0/s1. The van der Waals surface area contributed by atoms with Crippen LogP contribution < -0.4 is 0 Å². The summed E-state index contributed by atoms with van der Waals surface area (Å²) in [4.78, 5) is 46.0. The molecule has 0 radical (unpaired) electrons. The van der Waals surface area contributed by atoms with Gasteiger partial charge >= 0.3 is 12.2 Å². The lowest BCUT2D eigenvalue weighted by molar-refractivity contribution is 0.00615. The average molecular weight is 749 g/mol. The fourth-order valence-electron chi connectivity index (χ4n) is 9.08. The molecule has 3 aromatic carbocycles. The summed E-state index contributed by atoms with van der Waals surface area (Å²) < 4.78 is 44.2. The van der Waals surface area contributed by atoms with Gasteiger partial charge in [0.2, 0.25) is 0 Å². The van der Waals surface area contributed by atoms with E-state index in [0.29, 0.717) is 46.2 Å². The first-order chi connectivity index (χ1) is 26.0. The van der Waals surface area contributed by atoms with Crippen LogP contribution in [0, 0.1) is 5.92 Å². The van der Waals surface area contributed by atoms with Crippen LogP contribution in [0.3, 0.4) is 0 Å². The van der Waals surface area contributed by atoms with E-state index in [2.05, 4.69) is 15.0 Å². The van der Waals surface area contributed by atoms with Crippen molar-refractivity contribution in [2.24, 2.45) is 5.92 Å². The zero-order valence-electron chi connectivity index (χ0n) is 32.0. The van der Waals surface area contributed by atoms with Crippen molar-refractivity contribution in [1.82, 2.24) is 29.7 Å². The fourth-order valence-corrected chi connectivity index (χ4v) is 9.08. The number of aromatic amines is 2. The molecule has 12 heteroatoms. The molecule has 3 fully saturated rings. The Bertz CT molecular complexity index is 2350. The van der Waals surface area contributed by atoms with Crippen molar-refractivity contribution >= 4 is 23.2 Å². The maximum Gasteiger partial charge on any atom is 0.411 e. The van der Waals surface area contributed by atoms with Crippen LogP contribution in [0.5, 0.6) is 0 Å². The largest absolute Gasteiger partial charge is 0.444 e. The molecule has 2 saturated heterocycles. The Kier molecular flexibility index (Phi) is 7.98. The molecule has 9 rings (SSSR count). The molecule has 2 aliphatic carbocycles. The van der Waals surface area contributed by atoms with Gasteiger partial charge in [0, 0.05) is 29.3 Å². The smallest absolute Gasteiger partial charge is 0.411 e. The molecule has 5 aromatic rings. The fraction of sp³-hybridized carbons (Fsp3) is 0.442. The monoisotopic (exact) mass is 748 g/mol. The zero-order valence-corrected chi connectivity index (χ0v) is 32.0. The first-order valence-electron chi connectivity index (χ1n) is 19.3. The third kappa shape index (κ3) is 6.14. The van der Waals surface area contributed by atoms with Crippen LogP contribution in [-0.2, 0) is 15.4 Å². The van der Waals surface area contributed by atoms with E-state index < -0.39 is 17.1 Å². The SMILES string of the molecule is CC(C)(C)OC(=O)N1CCC[C@H]1c1ncc(-c2ccc3c(c2)C(F)(F)c2cc(-c4ccc5nc([C@@H]6[C@H]7CC[C@H](C7)N6C(=O)OC(C)(C)C)[nH]c5c4)ccc2-3)[nH]1. The topological polar surface area (TPSA) is 116 Å². The van der Waals surface area contributed by atoms with Gasteiger partial charge < -0.3 is 19.4 Å². The molecule has 2 bridgehead atoms. The number of hydrogen-bond donors (Lipinski definition) is 2. The number of nitrogens with one attached hydrogen (secondary N) is 2. The van der Waals surface area contributed by atoms with Gasteiger partial charge in [-0.05, 0) is 126 Å². The van der Waals surface area contributed by atoms with Crippen LogP contribution in [-0.4, -0.2) is 65.7 Å². The van der Waals surface area contributed by atoms with Crippen LogP contribution in [0.1, 0.15) is 109 Å². The molecular formula is C43H46F2N6O4. The van der Waals surface area contributed by atoms with E-state index in [4.69, 9.17) is 14.5 Å². The van der Waals surface area contributed by atoms with Gasteiger partial charge in [0.1, 0.15) is 22.9 Å². The summed E-state index contributed by atoms with van der Waals surface area (Å²) in [5, 5.41) is 0. The highest BCUT2D eigenvalue weighted by atomic mass is 19.3. The van der Waals surface area contributed by atoms with Gasteiger partial charge in [0.15, 0.2) is 0 Å². The number of amides is 2. The molecule has 2 aliphatic heterocycles. The van der Waals surface area contributed by atoms with Gasteiger partial charge in [0.05, 0.1) is 35.0 Å². The highest BCUT2D eigenvalue weighted by Crippen LogP contribution is 2.53. The van der Waals surface area contributed by atoms with Crippen molar-refractivity contribution in [3.8, 4) is 33.5 Å². The molecule has 2 N–H and O–H groups in total. The second kappa shape index (κ2) is 12.4. The van der Waals surface area contributed by atoms with Crippen molar-refractivity contribution < 1.29 is 27.8 Å². The van der Waals surface area contributed by atoms with Gasteiger partial charge in [-0.1, -0.05) is 30.3 Å². The number of alkyl halides is 2. The molecule has 4 aliphatic rings. The molecule has 55 heavy (non-hydrogen) atoms. The molecule has 0 spiro atoms. The number of piperidine rings is 1. The van der Waals surface area contributed by atoms with E-state index in [9.17, 15) is 9.59 Å². The third-order valence-corrected chi connectivity index (χ3v) is 11.4. The summed E-state index contributed by atoms with van der Waals surface area (Å²) in [5.74, 6) is -1.59. The van der Waals surface area contributed by atoms with Gasteiger partial charge in [0.25, 0.3) is 5.92 Å². The van der Waals surface area contributed by atoms with Crippen molar-refractivity contribution in [2.45, 2.75) is 109 Å². The van der Waals surface area contributed by atoms with Gasteiger partial charge in [-0.25, -0.2) is 19.6 Å². The summed E-state index contributed by atoms with van der Waals surface area (Å²) in [6.07, 6.45) is 5.40. The van der Waals surface area contributed by atoms with Gasteiger partial charge in [-0.3, -0.25) is 9.80 Å². The summed E-state index contributed by atoms with van der Waals surface area (Å²) in [7, 11) is 0. The third-order valence-electron chi connectivity index (χ3n) is 11.4. The van der Waals surface area contributed by atoms with Gasteiger partial charge in [-0.2, -0.15) is 8.78 Å². The number of hydrogen-bond acceptors (Lipinski definition) is 6. The highest BCUT2D eigenvalue weighted by molar-refractivity contribution is 5.87. The van der Waals surface area contributed by atoms with E-state index in [1.165, 1.54) is 0 Å². The number of benzene rings is 3. The second-order valence-corrected chi connectivity index (χ2v) is 17.5. The summed E-state index contributed by atoms with van der Waals surface area (Å²) in [5.41, 5.74) is 3.87. The van der Waals surface area contributed by atoms with E-state index in [-0.39, 0.29) is 41.4 Å². The van der Waals surface area contributed by atoms with Crippen LogP contribution >= 0.6 is 0 Å². The van der Waals surface area contributed by atoms with Crippen LogP contribution in [0.15, 0.2) is 60.8 Å². The molecular weight excluding hydrogens is 703 g/mol. The lowest BCUT2D eigenvalue weighted by Gasteiger charge is -2.35. The Hall–Kier alpha value is -5.26. The van der Waals surface area contributed by atoms with E-state index >= 15 is 8.78 Å².